The molecule has 2 unspecified atom stereocenters. The van der Waals surface area contributed by atoms with E-state index in [9.17, 15) is 14.4 Å². The number of amides is 1. The van der Waals surface area contributed by atoms with Gasteiger partial charge in [-0.15, -0.1) is 0 Å². The van der Waals surface area contributed by atoms with Crippen molar-refractivity contribution < 1.29 is 4.79 Å². The summed E-state index contributed by atoms with van der Waals surface area (Å²) < 4.78 is 1.42. The largest absolute Gasteiger partial charge is 0.337 e. The Labute approximate surface area is 163 Å². The number of carbonyl (C=O) groups excluding carboxylic acids is 1. The lowest BCUT2D eigenvalue weighted by Gasteiger charge is -2.25. The highest BCUT2D eigenvalue weighted by molar-refractivity contribution is 6.05. The van der Waals surface area contributed by atoms with E-state index >= 15 is 0 Å². The summed E-state index contributed by atoms with van der Waals surface area (Å²) in [4.78, 5) is 47.2. The number of fused-ring (bicyclic) bond motifs is 3. The summed E-state index contributed by atoms with van der Waals surface area (Å²) in [5.74, 6) is -0.0899. The average Bonchev–Trinajstić information content (AvgIpc) is 2.99. The Kier molecular flexibility index (Phi) is 4.82. The van der Waals surface area contributed by atoms with E-state index < -0.39 is 11.2 Å². The summed E-state index contributed by atoms with van der Waals surface area (Å²) in [6.45, 7) is 7.46. The van der Waals surface area contributed by atoms with E-state index in [2.05, 4.69) is 15.3 Å². The van der Waals surface area contributed by atoms with Crippen LogP contribution < -0.4 is 16.6 Å². The molecular weight excluding hydrogens is 358 g/mol. The molecule has 0 radical (unpaired) electrons. The lowest BCUT2D eigenvalue weighted by atomic mass is 10.0. The van der Waals surface area contributed by atoms with E-state index in [1.54, 1.807) is 6.07 Å². The van der Waals surface area contributed by atoms with Gasteiger partial charge in [-0.1, -0.05) is 13.8 Å². The Morgan fingerprint density at radius 3 is 2.71 bits per heavy atom. The van der Waals surface area contributed by atoms with Crippen LogP contribution in [-0.4, -0.2) is 50.5 Å². The van der Waals surface area contributed by atoms with E-state index in [1.165, 1.54) is 4.57 Å². The smallest absolute Gasteiger partial charge is 0.329 e. The number of hydrogen-bond donors (Lipinski definition) is 2. The van der Waals surface area contributed by atoms with E-state index in [4.69, 9.17) is 0 Å². The molecule has 2 N–H and O–H groups in total. The predicted molar refractivity (Wildman–Crippen MR) is 107 cm³/mol. The summed E-state index contributed by atoms with van der Waals surface area (Å²) >= 11 is 0. The van der Waals surface area contributed by atoms with Gasteiger partial charge < -0.3 is 10.2 Å². The second-order valence-electron chi connectivity index (χ2n) is 8.13. The van der Waals surface area contributed by atoms with Crippen LogP contribution in [0.5, 0.6) is 0 Å². The fourth-order valence-corrected chi connectivity index (χ4v) is 4.35. The number of nitrogens with zero attached hydrogens (tertiary/aromatic N) is 3. The van der Waals surface area contributed by atoms with Gasteiger partial charge in [0.05, 0.1) is 10.9 Å². The van der Waals surface area contributed by atoms with E-state index in [-0.39, 0.29) is 17.2 Å². The van der Waals surface area contributed by atoms with Crippen LogP contribution >= 0.6 is 0 Å². The third-order valence-electron chi connectivity index (χ3n) is 5.92. The molecule has 8 nitrogen and oxygen atoms in total. The molecule has 28 heavy (non-hydrogen) atoms. The van der Waals surface area contributed by atoms with Crippen LogP contribution in [0, 0.1) is 0 Å². The fourth-order valence-electron chi connectivity index (χ4n) is 4.35. The number of H-pyrrole nitrogens is 1. The standard InChI is InChI=1S/C20H27N5O3/c1-4-25-17-16(18(26)23-20(25)28)14(9-15(22-17)11(2)3)19(27)24-8-7-12-5-6-13(10-24)21-12/h9,11-13,21H,4-8,10H2,1-3H3,(H,23,26,28). The van der Waals surface area contributed by atoms with Gasteiger partial charge in [0.25, 0.3) is 11.5 Å². The summed E-state index contributed by atoms with van der Waals surface area (Å²) in [6.07, 6.45) is 3.14. The lowest BCUT2D eigenvalue weighted by molar-refractivity contribution is 0.0750. The number of aromatic nitrogens is 3. The maximum atomic E-state index is 13.5. The van der Waals surface area contributed by atoms with Crippen molar-refractivity contribution in [2.75, 3.05) is 13.1 Å². The number of carbonyl (C=O) groups is 1. The van der Waals surface area contributed by atoms with Gasteiger partial charge >= 0.3 is 5.69 Å². The van der Waals surface area contributed by atoms with Gasteiger partial charge in [-0.2, -0.15) is 0 Å². The first-order valence-corrected chi connectivity index (χ1v) is 10.1. The number of rotatable bonds is 3. The van der Waals surface area contributed by atoms with Crippen LogP contribution in [0.4, 0.5) is 0 Å². The number of nitrogens with one attached hydrogen (secondary N) is 2. The van der Waals surface area contributed by atoms with Crippen molar-refractivity contribution in [2.24, 2.45) is 0 Å². The molecule has 1 amide bonds. The van der Waals surface area contributed by atoms with E-state index in [1.807, 2.05) is 25.7 Å². The maximum Gasteiger partial charge on any atom is 0.329 e. The predicted octanol–water partition coefficient (Wildman–Crippen LogP) is 1.19. The van der Waals surface area contributed by atoms with Gasteiger partial charge in [0.15, 0.2) is 5.65 Å². The van der Waals surface area contributed by atoms with Crippen molar-refractivity contribution in [2.45, 2.75) is 64.6 Å². The third-order valence-corrected chi connectivity index (χ3v) is 5.92. The van der Waals surface area contributed by atoms with Crippen LogP contribution in [0.3, 0.4) is 0 Å². The summed E-state index contributed by atoms with van der Waals surface area (Å²) in [5, 5.41) is 3.78. The van der Waals surface area contributed by atoms with E-state index in [0.29, 0.717) is 48.6 Å². The zero-order chi connectivity index (χ0) is 20.0. The van der Waals surface area contributed by atoms with Crippen molar-refractivity contribution in [3.8, 4) is 0 Å². The molecular formula is C20H27N5O3. The number of likely N-dealkylation sites (tertiary alicyclic amines) is 1. The minimum absolute atomic E-state index is 0.0671. The van der Waals surface area contributed by atoms with Gasteiger partial charge in [-0.05, 0) is 38.2 Å². The highest BCUT2D eigenvalue weighted by Gasteiger charge is 2.32. The highest BCUT2D eigenvalue weighted by atomic mass is 16.2. The second kappa shape index (κ2) is 7.16. The molecule has 0 saturated carbocycles. The van der Waals surface area contributed by atoms with Crippen LogP contribution in [0.15, 0.2) is 15.7 Å². The molecule has 2 saturated heterocycles. The van der Waals surface area contributed by atoms with Gasteiger partial charge in [-0.25, -0.2) is 9.78 Å². The Hall–Kier alpha value is -2.48. The molecule has 0 aromatic carbocycles. The molecule has 2 aliphatic rings. The lowest BCUT2D eigenvalue weighted by Crippen LogP contribution is -2.40. The minimum Gasteiger partial charge on any atom is -0.337 e. The molecule has 2 aromatic heterocycles. The van der Waals surface area contributed by atoms with Gasteiger partial charge in [0.2, 0.25) is 0 Å². The monoisotopic (exact) mass is 385 g/mol. The normalized spacial score (nSPS) is 22.1. The Balaban J connectivity index is 1.88. The minimum atomic E-state index is -0.551. The van der Waals surface area contributed by atoms with Gasteiger partial charge in [-0.3, -0.25) is 19.1 Å². The summed E-state index contributed by atoms with van der Waals surface area (Å²) in [5.41, 5.74) is 0.293. The summed E-state index contributed by atoms with van der Waals surface area (Å²) in [7, 11) is 0. The molecule has 2 fully saturated rings. The van der Waals surface area contributed by atoms with Crippen molar-refractivity contribution in [3.05, 3.63) is 38.2 Å². The molecule has 8 heteroatoms. The Bertz CT molecular complexity index is 1040. The van der Waals surface area contributed by atoms with Gasteiger partial charge in [0.1, 0.15) is 0 Å². The molecule has 150 valence electrons. The molecule has 0 aliphatic carbocycles. The van der Waals surface area contributed by atoms with E-state index in [0.717, 1.165) is 19.3 Å². The number of pyridine rings is 1. The first-order chi connectivity index (χ1) is 13.4. The van der Waals surface area contributed by atoms with Gasteiger partial charge in [0, 0.05) is 37.4 Å². The van der Waals surface area contributed by atoms with Crippen molar-refractivity contribution >= 4 is 16.9 Å². The first kappa shape index (κ1) is 18.9. The zero-order valence-electron chi connectivity index (χ0n) is 16.6. The average molecular weight is 385 g/mol. The maximum absolute atomic E-state index is 13.5. The van der Waals surface area contributed by atoms with Crippen LogP contribution in [-0.2, 0) is 6.54 Å². The number of aryl methyl sites for hydroxylation is 1. The third kappa shape index (κ3) is 3.15. The molecule has 0 spiro atoms. The van der Waals surface area contributed by atoms with Crippen LogP contribution in [0.25, 0.3) is 11.0 Å². The van der Waals surface area contributed by atoms with Crippen molar-refractivity contribution in [3.63, 3.8) is 0 Å². The molecule has 2 atom stereocenters. The topological polar surface area (TPSA) is 100 Å². The SMILES string of the molecule is CCn1c(=O)[nH]c(=O)c2c(C(=O)N3CCC4CCC(C3)N4)cc(C(C)C)nc21. The van der Waals surface area contributed by atoms with Crippen LogP contribution in [0.1, 0.15) is 62.0 Å². The van der Waals surface area contributed by atoms with Crippen LogP contribution in [0.2, 0.25) is 0 Å². The van der Waals surface area contributed by atoms with Crippen molar-refractivity contribution in [1.82, 2.24) is 24.8 Å². The first-order valence-electron chi connectivity index (χ1n) is 10.1. The number of hydrogen-bond acceptors (Lipinski definition) is 5. The molecule has 2 aliphatic heterocycles. The summed E-state index contributed by atoms with van der Waals surface area (Å²) in [6, 6.07) is 2.50. The molecule has 2 aromatic rings. The van der Waals surface area contributed by atoms with Crippen molar-refractivity contribution in [1.29, 1.82) is 0 Å². The second-order valence-corrected chi connectivity index (χ2v) is 8.13. The highest BCUT2D eigenvalue weighted by Crippen LogP contribution is 2.25. The Morgan fingerprint density at radius 1 is 1.25 bits per heavy atom. The molecule has 4 heterocycles. The quantitative estimate of drug-likeness (QED) is 0.827. The molecule has 4 rings (SSSR count). The Morgan fingerprint density at radius 2 is 2.00 bits per heavy atom. The molecule has 2 bridgehead atoms. The fraction of sp³-hybridized carbons (Fsp3) is 0.600. The zero-order valence-corrected chi connectivity index (χ0v) is 16.6. The number of aromatic amines is 1.